The molecule has 0 atom stereocenters. The van der Waals surface area contributed by atoms with E-state index in [0.29, 0.717) is 31.9 Å². The molecule has 138 valence electrons. The van der Waals surface area contributed by atoms with E-state index in [9.17, 15) is 28.1 Å². The van der Waals surface area contributed by atoms with Crippen molar-refractivity contribution in [2.24, 2.45) is 0 Å². The largest absolute Gasteiger partial charge is 0.416 e. The molecule has 1 N–H and O–H groups in total. The monoisotopic (exact) mass is 369 g/mol. The van der Waals surface area contributed by atoms with Crippen LogP contribution in [-0.2, 0) is 6.18 Å². The summed E-state index contributed by atoms with van der Waals surface area (Å²) in [5, 5.41) is 16.5. The zero-order valence-electron chi connectivity index (χ0n) is 13.4. The number of aromatic amines is 1. The lowest BCUT2D eigenvalue weighted by atomic mass is 10.1. The topological polar surface area (TPSA) is 95.4 Å². The lowest BCUT2D eigenvalue weighted by Crippen LogP contribution is -2.48. The zero-order chi connectivity index (χ0) is 18.9. The van der Waals surface area contributed by atoms with Gasteiger partial charge in [0.25, 0.3) is 5.91 Å². The Hall–Kier alpha value is -3.11. The van der Waals surface area contributed by atoms with Crippen molar-refractivity contribution >= 4 is 17.4 Å². The van der Waals surface area contributed by atoms with E-state index >= 15 is 0 Å². The van der Waals surface area contributed by atoms with Gasteiger partial charge in [-0.2, -0.15) is 13.2 Å². The minimum Gasteiger partial charge on any atom is -0.368 e. The Balaban J connectivity index is 1.61. The highest BCUT2D eigenvalue weighted by Gasteiger charge is 2.30. The van der Waals surface area contributed by atoms with Crippen molar-refractivity contribution in [3.63, 3.8) is 0 Å². The minimum absolute atomic E-state index is 0.0420. The number of rotatable bonds is 3. The number of nitrogens with one attached hydrogen (secondary N) is 1. The highest BCUT2D eigenvalue weighted by Crippen LogP contribution is 2.30. The molecule has 1 aromatic heterocycles. The SMILES string of the molecule is O=C(c1cc([N+](=O)[O-])[nH]n1)N1CCN(c2ccc(C(F)(F)F)cc2)CC1. The van der Waals surface area contributed by atoms with Gasteiger partial charge in [-0.25, -0.2) is 0 Å². The molecule has 26 heavy (non-hydrogen) atoms. The number of nitro groups is 1. The summed E-state index contributed by atoms with van der Waals surface area (Å²) >= 11 is 0. The number of benzene rings is 1. The van der Waals surface area contributed by atoms with Crippen molar-refractivity contribution in [1.29, 1.82) is 0 Å². The van der Waals surface area contributed by atoms with Crippen LogP contribution in [0.2, 0.25) is 0 Å². The van der Waals surface area contributed by atoms with Crippen molar-refractivity contribution in [2.45, 2.75) is 6.18 Å². The summed E-state index contributed by atoms with van der Waals surface area (Å²) in [4.78, 5) is 25.6. The summed E-state index contributed by atoms with van der Waals surface area (Å²) in [6, 6.07) is 5.92. The number of alkyl halides is 3. The van der Waals surface area contributed by atoms with E-state index in [2.05, 4.69) is 10.2 Å². The van der Waals surface area contributed by atoms with Crippen LogP contribution in [0.4, 0.5) is 24.7 Å². The normalized spacial score (nSPS) is 15.2. The van der Waals surface area contributed by atoms with Crippen LogP contribution in [0, 0.1) is 10.1 Å². The van der Waals surface area contributed by atoms with Crippen LogP contribution in [0.1, 0.15) is 16.1 Å². The smallest absolute Gasteiger partial charge is 0.368 e. The number of aromatic nitrogens is 2. The van der Waals surface area contributed by atoms with Gasteiger partial charge in [-0.1, -0.05) is 5.10 Å². The summed E-state index contributed by atoms with van der Waals surface area (Å²) in [6.07, 6.45) is -4.38. The van der Waals surface area contributed by atoms with Gasteiger partial charge in [-0.05, 0) is 29.2 Å². The molecule has 1 saturated heterocycles. The first-order valence-electron chi connectivity index (χ1n) is 7.67. The lowest BCUT2D eigenvalue weighted by molar-refractivity contribution is -0.389. The van der Waals surface area contributed by atoms with Gasteiger partial charge in [-0.3, -0.25) is 4.79 Å². The molecule has 2 heterocycles. The van der Waals surface area contributed by atoms with Gasteiger partial charge in [0.2, 0.25) is 0 Å². The molecule has 1 aliphatic heterocycles. The molecule has 0 aliphatic carbocycles. The fraction of sp³-hybridized carbons (Fsp3) is 0.333. The molecule has 0 spiro atoms. The van der Waals surface area contributed by atoms with E-state index < -0.39 is 22.6 Å². The molecule has 1 fully saturated rings. The Morgan fingerprint density at radius 1 is 1.15 bits per heavy atom. The Labute approximate surface area is 145 Å². The average molecular weight is 369 g/mol. The molecule has 1 amide bonds. The number of anilines is 1. The second-order valence-electron chi connectivity index (χ2n) is 5.72. The van der Waals surface area contributed by atoms with Gasteiger partial charge in [0.15, 0.2) is 5.69 Å². The molecule has 0 unspecified atom stereocenters. The second-order valence-corrected chi connectivity index (χ2v) is 5.72. The molecule has 1 aliphatic rings. The number of nitrogens with zero attached hydrogens (tertiary/aromatic N) is 4. The molecule has 0 radical (unpaired) electrons. The fourth-order valence-electron chi connectivity index (χ4n) is 2.71. The van der Waals surface area contributed by atoms with Gasteiger partial charge in [0.1, 0.15) is 0 Å². The van der Waals surface area contributed by atoms with Crippen LogP contribution >= 0.6 is 0 Å². The van der Waals surface area contributed by atoms with Crippen LogP contribution in [0.5, 0.6) is 0 Å². The van der Waals surface area contributed by atoms with Gasteiger partial charge < -0.3 is 19.9 Å². The van der Waals surface area contributed by atoms with Crippen LogP contribution in [0.25, 0.3) is 0 Å². The fourth-order valence-corrected chi connectivity index (χ4v) is 2.71. The van der Waals surface area contributed by atoms with Gasteiger partial charge >= 0.3 is 12.0 Å². The molecule has 2 aromatic rings. The Morgan fingerprint density at radius 2 is 1.77 bits per heavy atom. The van der Waals surface area contributed by atoms with Crippen molar-refractivity contribution in [2.75, 3.05) is 31.1 Å². The second kappa shape index (κ2) is 6.65. The highest BCUT2D eigenvalue weighted by atomic mass is 19.4. The third-order valence-electron chi connectivity index (χ3n) is 4.11. The number of carbonyl (C=O) groups excluding carboxylic acids is 1. The molecule has 0 bridgehead atoms. The number of carbonyl (C=O) groups is 1. The van der Waals surface area contributed by atoms with E-state index in [4.69, 9.17) is 0 Å². The third-order valence-corrected chi connectivity index (χ3v) is 4.11. The quantitative estimate of drug-likeness (QED) is 0.662. The molecule has 11 heteroatoms. The molecule has 1 aromatic carbocycles. The van der Waals surface area contributed by atoms with E-state index in [1.54, 1.807) is 0 Å². The van der Waals surface area contributed by atoms with Crippen molar-refractivity contribution in [1.82, 2.24) is 15.1 Å². The predicted molar refractivity (Wildman–Crippen MR) is 84.8 cm³/mol. The lowest BCUT2D eigenvalue weighted by Gasteiger charge is -2.35. The summed E-state index contributed by atoms with van der Waals surface area (Å²) in [7, 11) is 0. The number of piperazine rings is 1. The Bertz CT molecular complexity index is 811. The first kappa shape index (κ1) is 17.7. The molecule has 3 rings (SSSR count). The number of amides is 1. The van der Waals surface area contributed by atoms with Crippen LogP contribution in [-0.4, -0.2) is 52.1 Å². The maximum atomic E-state index is 12.6. The van der Waals surface area contributed by atoms with Gasteiger partial charge in [0.05, 0.1) is 11.6 Å². The van der Waals surface area contributed by atoms with E-state index in [1.807, 2.05) is 4.90 Å². The number of hydrogen-bond acceptors (Lipinski definition) is 5. The number of halogens is 3. The number of H-pyrrole nitrogens is 1. The zero-order valence-corrected chi connectivity index (χ0v) is 13.4. The molecular weight excluding hydrogens is 355 g/mol. The summed E-state index contributed by atoms with van der Waals surface area (Å²) < 4.78 is 37.8. The molecule has 0 saturated carbocycles. The van der Waals surface area contributed by atoms with Gasteiger partial charge in [-0.15, -0.1) is 5.10 Å². The third kappa shape index (κ3) is 3.60. The van der Waals surface area contributed by atoms with Crippen molar-refractivity contribution in [3.8, 4) is 0 Å². The highest BCUT2D eigenvalue weighted by molar-refractivity contribution is 5.93. The standard InChI is InChI=1S/C15H14F3N5O3/c16-15(17,18)10-1-3-11(4-2-10)21-5-7-22(8-6-21)14(24)12-9-13(20-19-12)23(25)26/h1-4,9H,5-8H2,(H,19,20). The van der Waals surface area contributed by atoms with Gasteiger partial charge in [0, 0.05) is 31.9 Å². The maximum absolute atomic E-state index is 12.6. The average Bonchev–Trinajstić information content (AvgIpc) is 3.11. The van der Waals surface area contributed by atoms with E-state index in [0.717, 1.165) is 18.2 Å². The first-order chi connectivity index (χ1) is 12.3. The Kier molecular flexibility index (Phi) is 4.53. The summed E-state index contributed by atoms with van der Waals surface area (Å²) in [6.45, 7) is 1.54. The van der Waals surface area contributed by atoms with Crippen molar-refractivity contribution in [3.05, 3.63) is 51.7 Å². The molecule has 8 nitrogen and oxygen atoms in total. The molecular formula is C15H14F3N5O3. The Morgan fingerprint density at radius 3 is 2.27 bits per heavy atom. The van der Waals surface area contributed by atoms with Crippen molar-refractivity contribution < 1.29 is 22.9 Å². The van der Waals surface area contributed by atoms with Crippen LogP contribution in [0.3, 0.4) is 0 Å². The predicted octanol–water partition coefficient (Wildman–Crippen LogP) is 2.30. The van der Waals surface area contributed by atoms with E-state index in [1.165, 1.54) is 17.0 Å². The first-order valence-corrected chi connectivity index (χ1v) is 7.67. The van der Waals surface area contributed by atoms with E-state index in [-0.39, 0.29) is 11.5 Å². The number of hydrogen-bond donors (Lipinski definition) is 1. The van der Waals surface area contributed by atoms with Crippen LogP contribution in [0.15, 0.2) is 30.3 Å². The summed E-state index contributed by atoms with van der Waals surface area (Å²) in [5.41, 5.74) is -0.115. The van der Waals surface area contributed by atoms with Crippen LogP contribution < -0.4 is 4.90 Å². The summed E-state index contributed by atoms with van der Waals surface area (Å²) in [5.74, 6) is -0.793. The minimum atomic E-state index is -4.38. The maximum Gasteiger partial charge on any atom is 0.416 e.